The fourth-order valence-corrected chi connectivity index (χ4v) is 3.62. The first-order chi connectivity index (χ1) is 12.4. The lowest BCUT2D eigenvalue weighted by molar-refractivity contribution is -0.137. The minimum Gasteiger partial charge on any atom is -0.324 e. The summed E-state index contributed by atoms with van der Waals surface area (Å²) < 4.78 is 0. The third-order valence-corrected chi connectivity index (χ3v) is 5.35. The Morgan fingerprint density at radius 1 is 1.38 bits per heavy atom. The zero-order valence-electron chi connectivity index (χ0n) is 14.9. The van der Waals surface area contributed by atoms with Crippen LogP contribution in [0.15, 0.2) is 24.3 Å². The third kappa shape index (κ3) is 3.15. The lowest BCUT2D eigenvalue weighted by atomic mass is 9.77. The second kappa shape index (κ2) is 6.79. The molecule has 2 fully saturated rings. The Bertz CT molecular complexity index is 790. The molecular weight excluding hydrogens is 332 g/mol. The molecule has 2 N–H and O–H groups in total. The number of amides is 4. The van der Waals surface area contributed by atoms with Crippen LogP contribution in [0.25, 0.3) is 0 Å². The Morgan fingerprint density at radius 2 is 2.08 bits per heavy atom. The monoisotopic (exact) mass is 354 g/mol. The van der Waals surface area contributed by atoms with Crippen LogP contribution in [-0.4, -0.2) is 34.3 Å². The van der Waals surface area contributed by atoms with Gasteiger partial charge >= 0.3 is 6.03 Å². The molecule has 3 rings (SSSR count). The number of imide groups is 1. The Labute approximate surface area is 152 Å². The summed E-state index contributed by atoms with van der Waals surface area (Å²) in [6.07, 6.45) is 2.96. The van der Waals surface area contributed by atoms with Gasteiger partial charge in [0.05, 0.1) is 11.6 Å². The molecule has 0 radical (unpaired) electrons. The topological polar surface area (TPSA) is 102 Å². The molecule has 7 nitrogen and oxygen atoms in total. The van der Waals surface area contributed by atoms with Crippen molar-refractivity contribution in [3.8, 4) is 6.07 Å². The van der Waals surface area contributed by atoms with Gasteiger partial charge in [-0.15, -0.1) is 0 Å². The van der Waals surface area contributed by atoms with Gasteiger partial charge in [0.1, 0.15) is 11.6 Å². The number of urea groups is 1. The molecule has 136 valence electrons. The smallest absolute Gasteiger partial charge is 0.324 e. The third-order valence-electron chi connectivity index (χ3n) is 5.35. The Hall–Kier alpha value is -2.88. The molecule has 0 aromatic heterocycles. The van der Waals surface area contributed by atoms with Crippen LogP contribution in [0.5, 0.6) is 0 Å². The fraction of sp³-hybridized carbons (Fsp3) is 0.474. The van der Waals surface area contributed by atoms with Crippen molar-refractivity contribution in [2.24, 2.45) is 5.92 Å². The Balaban J connectivity index is 1.73. The van der Waals surface area contributed by atoms with Gasteiger partial charge in [0, 0.05) is 5.69 Å². The van der Waals surface area contributed by atoms with Crippen molar-refractivity contribution in [3.05, 3.63) is 29.8 Å². The molecular formula is C19H22N4O3. The highest BCUT2D eigenvalue weighted by molar-refractivity contribution is 6.11. The highest BCUT2D eigenvalue weighted by atomic mass is 16.2. The molecule has 26 heavy (non-hydrogen) atoms. The van der Waals surface area contributed by atoms with E-state index in [2.05, 4.69) is 17.6 Å². The zero-order chi connectivity index (χ0) is 18.9. The van der Waals surface area contributed by atoms with E-state index in [4.69, 9.17) is 5.26 Å². The van der Waals surface area contributed by atoms with Crippen LogP contribution < -0.4 is 10.6 Å². The van der Waals surface area contributed by atoms with Gasteiger partial charge in [0.25, 0.3) is 5.91 Å². The van der Waals surface area contributed by atoms with E-state index >= 15 is 0 Å². The molecule has 1 heterocycles. The summed E-state index contributed by atoms with van der Waals surface area (Å²) in [5.41, 5.74) is 0.00802. The number of nitriles is 1. The van der Waals surface area contributed by atoms with Crippen molar-refractivity contribution in [1.29, 1.82) is 5.26 Å². The normalized spacial score (nSPS) is 26.3. The molecule has 1 saturated carbocycles. The summed E-state index contributed by atoms with van der Waals surface area (Å²) in [6.45, 7) is 3.67. The number of nitrogens with one attached hydrogen (secondary N) is 2. The summed E-state index contributed by atoms with van der Waals surface area (Å²) in [4.78, 5) is 38.9. The molecule has 1 saturated heterocycles. The summed E-state index contributed by atoms with van der Waals surface area (Å²) in [7, 11) is 0. The molecule has 4 amide bonds. The molecule has 7 heteroatoms. The predicted molar refractivity (Wildman–Crippen MR) is 95.0 cm³/mol. The number of carbonyl (C=O) groups is 3. The molecule has 1 atom stereocenters. The van der Waals surface area contributed by atoms with Crippen molar-refractivity contribution >= 4 is 23.5 Å². The molecule has 1 aliphatic carbocycles. The number of hydrogen-bond donors (Lipinski definition) is 2. The van der Waals surface area contributed by atoms with Crippen molar-refractivity contribution in [2.45, 2.75) is 51.1 Å². The second-order valence-electron chi connectivity index (χ2n) is 7.23. The van der Waals surface area contributed by atoms with E-state index in [-0.39, 0.29) is 5.91 Å². The molecule has 0 unspecified atom stereocenters. The highest BCUT2D eigenvalue weighted by Gasteiger charge is 2.54. The van der Waals surface area contributed by atoms with E-state index in [1.165, 1.54) is 6.92 Å². The first kappa shape index (κ1) is 17.9. The van der Waals surface area contributed by atoms with Crippen LogP contribution in [-0.2, 0) is 9.59 Å². The van der Waals surface area contributed by atoms with Gasteiger partial charge in [0.2, 0.25) is 5.91 Å². The van der Waals surface area contributed by atoms with Gasteiger partial charge in [0.15, 0.2) is 0 Å². The highest BCUT2D eigenvalue weighted by Crippen LogP contribution is 2.37. The molecule has 1 aromatic carbocycles. The van der Waals surface area contributed by atoms with Crippen LogP contribution in [0.4, 0.5) is 10.5 Å². The maximum atomic E-state index is 12.9. The van der Waals surface area contributed by atoms with Crippen LogP contribution in [0.3, 0.4) is 0 Å². The van der Waals surface area contributed by atoms with Gasteiger partial charge in [-0.3, -0.25) is 9.59 Å². The number of nitrogens with zero attached hydrogens (tertiary/aromatic N) is 2. The fourth-order valence-electron chi connectivity index (χ4n) is 3.62. The summed E-state index contributed by atoms with van der Waals surface area (Å²) in [5.74, 6) is -0.250. The lowest BCUT2D eigenvalue weighted by Crippen LogP contribution is -2.51. The van der Waals surface area contributed by atoms with Gasteiger partial charge in [-0.25, -0.2) is 9.69 Å². The van der Waals surface area contributed by atoms with Crippen LogP contribution in [0, 0.1) is 17.2 Å². The van der Waals surface area contributed by atoms with Crippen molar-refractivity contribution < 1.29 is 14.4 Å². The lowest BCUT2D eigenvalue weighted by Gasteiger charge is -2.34. The molecule has 1 aromatic rings. The van der Waals surface area contributed by atoms with E-state index in [0.717, 1.165) is 17.7 Å². The minimum atomic E-state index is -0.938. The maximum absolute atomic E-state index is 12.9. The number of carbonyl (C=O) groups excluding carboxylic acids is 3. The number of benzene rings is 1. The standard InChI is InChI=1S/C19H22N4O3/c1-12-6-8-19(9-7-12)17(25)23(18(26)22-19)13(2)16(24)21-15-5-3-4-14(10-15)11-20/h3-5,10,12-13H,6-9H2,1-2H3,(H,21,24)(H,22,26)/t12?,13-,19?/m0/s1. The molecule has 1 aliphatic heterocycles. The van der Waals surface area contributed by atoms with E-state index in [0.29, 0.717) is 30.0 Å². The number of anilines is 1. The van der Waals surface area contributed by atoms with E-state index in [1.54, 1.807) is 24.3 Å². The van der Waals surface area contributed by atoms with E-state index < -0.39 is 23.5 Å². The van der Waals surface area contributed by atoms with Gasteiger partial charge < -0.3 is 10.6 Å². The Morgan fingerprint density at radius 3 is 2.73 bits per heavy atom. The van der Waals surface area contributed by atoms with Crippen molar-refractivity contribution in [2.75, 3.05) is 5.32 Å². The Kier molecular flexibility index (Phi) is 4.68. The predicted octanol–water partition coefficient (Wildman–Crippen LogP) is 2.39. The largest absolute Gasteiger partial charge is 0.325 e. The van der Waals surface area contributed by atoms with E-state index in [1.807, 2.05) is 6.07 Å². The van der Waals surface area contributed by atoms with Gasteiger partial charge in [-0.1, -0.05) is 13.0 Å². The average Bonchev–Trinajstić information content (AvgIpc) is 2.87. The molecule has 0 bridgehead atoms. The van der Waals surface area contributed by atoms with Gasteiger partial charge in [-0.2, -0.15) is 5.26 Å². The van der Waals surface area contributed by atoms with Crippen molar-refractivity contribution in [1.82, 2.24) is 10.2 Å². The summed E-state index contributed by atoms with van der Waals surface area (Å²) in [6, 6.07) is 7.03. The zero-order valence-corrected chi connectivity index (χ0v) is 14.9. The van der Waals surface area contributed by atoms with Gasteiger partial charge in [-0.05, 0) is 56.7 Å². The van der Waals surface area contributed by atoms with Crippen LogP contribution >= 0.6 is 0 Å². The summed E-state index contributed by atoms with van der Waals surface area (Å²) >= 11 is 0. The number of rotatable bonds is 3. The maximum Gasteiger partial charge on any atom is 0.325 e. The first-order valence-electron chi connectivity index (χ1n) is 8.83. The quantitative estimate of drug-likeness (QED) is 0.814. The van der Waals surface area contributed by atoms with Crippen LogP contribution in [0.1, 0.15) is 45.1 Å². The average molecular weight is 354 g/mol. The first-order valence-corrected chi connectivity index (χ1v) is 8.83. The van der Waals surface area contributed by atoms with Crippen molar-refractivity contribution in [3.63, 3.8) is 0 Å². The molecule has 1 spiro atoms. The van der Waals surface area contributed by atoms with Crippen LogP contribution in [0.2, 0.25) is 0 Å². The SMILES string of the molecule is CC1CCC2(CC1)NC(=O)N([C@@H](C)C(=O)Nc1cccc(C#N)c1)C2=O. The minimum absolute atomic E-state index is 0.317. The summed E-state index contributed by atoms with van der Waals surface area (Å²) in [5, 5.41) is 14.4. The van der Waals surface area contributed by atoms with E-state index in [9.17, 15) is 14.4 Å². The second-order valence-corrected chi connectivity index (χ2v) is 7.23. The number of hydrogen-bond acceptors (Lipinski definition) is 4. The molecule has 2 aliphatic rings.